The summed E-state index contributed by atoms with van der Waals surface area (Å²) in [5, 5.41) is 22.2. The Hall–Kier alpha value is -3.02. The molecule has 0 aromatic heterocycles. The summed E-state index contributed by atoms with van der Waals surface area (Å²) in [5.41, 5.74) is -1.14. The van der Waals surface area contributed by atoms with Gasteiger partial charge >= 0.3 is 12.1 Å². The molecular formula is C15H14F3N3O3. The zero-order chi connectivity index (χ0) is 18.2. The predicted molar refractivity (Wildman–Crippen MR) is 78.6 cm³/mol. The first-order valence-electron chi connectivity index (χ1n) is 6.78. The number of anilines is 1. The summed E-state index contributed by atoms with van der Waals surface area (Å²) < 4.78 is 37.8. The van der Waals surface area contributed by atoms with Crippen LogP contribution in [-0.2, 0) is 15.8 Å². The first-order chi connectivity index (χ1) is 11.2. The lowest BCUT2D eigenvalue weighted by molar-refractivity contribution is -0.138. The molecule has 0 bridgehead atoms. The highest BCUT2D eigenvalue weighted by Crippen LogP contribution is 2.30. The van der Waals surface area contributed by atoms with Gasteiger partial charge < -0.3 is 15.7 Å². The second-order valence-corrected chi connectivity index (χ2v) is 4.65. The maximum atomic E-state index is 12.6. The SMILES string of the molecule is N#C/C(=C/Nc1cccc(C(F)(F)F)c1)C(=O)NCCCC(=O)O. The third-order valence-corrected chi connectivity index (χ3v) is 2.79. The highest BCUT2D eigenvalue weighted by Gasteiger charge is 2.30. The lowest BCUT2D eigenvalue weighted by atomic mass is 10.2. The maximum absolute atomic E-state index is 12.6. The van der Waals surface area contributed by atoms with Crippen LogP contribution in [0.25, 0.3) is 0 Å². The molecule has 0 atom stereocenters. The molecule has 1 amide bonds. The number of benzene rings is 1. The van der Waals surface area contributed by atoms with Crippen molar-refractivity contribution >= 4 is 17.6 Å². The van der Waals surface area contributed by atoms with E-state index < -0.39 is 23.6 Å². The fourth-order valence-corrected chi connectivity index (χ4v) is 1.63. The number of hydrogen-bond donors (Lipinski definition) is 3. The minimum absolute atomic E-state index is 0.0632. The van der Waals surface area contributed by atoms with Gasteiger partial charge in [0.25, 0.3) is 5.91 Å². The molecule has 128 valence electrons. The number of carbonyl (C=O) groups excluding carboxylic acids is 1. The topological polar surface area (TPSA) is 102 Å². The van der Waals surface area contributed by atoms with Crippen LogP contribution >= 0.6 is 0 Å². The van der Waals surface area contributed by atoms with Gasteiger partial charge in [0, 0.05) is 24.9 Å². The van der Waals surface area contributed by atoms with Gasteiger partial charge in [0.2, 0.25) is 0 Å². The van der Waals surface area contributed by atoms with Gasteiger partial charge in [0.15, 0.2) is 0 Å². The summed E-state index contributed by atoms with van der Waals surface area (Å²) in [7, 11) is 0. The fraction of sp³-hybridized carbons (Fsp3) is 0.267. The first kappa shape index (κ1) is 19.0. The molecule has 24 heavy (non-hydrogen) atoms. The van der Waals surface area contributed by atoms with E-state index in [-0.39, 0.29) is 30.6 Å². The Morgan fingerprint density at radius 3 is 2.62 bits per heavy atom. The Bertz CT molecular complexity index is 679. The van der Waals surface area contributed by atoms with Crippen molar-refractivity contribution in [3.8, 4) is 6.07 Å². The number of carbonyl (C=O) groups is 2. The molecule has 1 aromatic rings. The molecule has 0 aliphatic heterocycles. The van der Waals surface area contributed by atoms with Gasteiger partial charge in [-0.1, -0.05) is 6.07 Å². The Balaban J connectivity index is 2.68. The number of halogens is 3. The molecule has 0 heterocycles. The number of alkyl halides is 3. The van der Waals surface area contributed by atoms with Crippen LogP contribution in [0.15, 0.2) is 36.0 Å². The van der Waals surface area contributed by atoms with Crippen LogP contribution in [0.3, 0.4) is 0 Å². The standard InChI is InChI=1S/C15H14F3N3O3/c16-15(17,18)11-3-1-4-12(7-11)21-9-10(8-19)14(24)20-6-2-5-13(22)23/h1,3-4,7,9,21H,2,5-6H2,(H,20,24)(H,22,23)/b10-9-. The highest BCUT2D eigenvalue weighted by atomic mass is 19.4. The minimum atomic E-state index is -4.50. The summed E-state index contributed by atoms with van der Waals surface area (Å²) in [6.45, 7) is 0.0632. The molecule has 0 spiro atoms. The summed E-state index contributed by atoms with van der Waals surface area (Å²) in [5.74, 6) is -1.76. The molecule has 0 saturated heterocycles. The quantitative estimate of drug-likeness (QED) is 0.402. The van der Waals surface area contributed by atoms with Gasteiger partial charge in [0.05, 0.1) is 5.56 Å². The smallest absolute Gasteiger partial charge is 0.416 e. The monoisotopic (exact) mass is 341 g/mol. The summed E-state index contributed by atoms with van der Waals surface area (Å²) in [4.78, 5) is 22.0. The van der Waals surface area contributed by atoms with Crippen molar-refractivity contribution in [1.29, 1.82) is 5.26 Å². The number of nitrogens with one attached hydrogen (secondary N) is 2. The minimum Gasteiger partial charge on any atom is -0.481 e. The predicted octanol–water partition coefficient (Wildman–Crippen LogP) is 2.51. The second-order valence-electron chi connectivity index (χ2n) is 4.65. The van der Waals surface area contributed by atoms with Gasteiger partial charge in [0.1, 0.15) is 11.6 Å². The fourth-order valence-electron chi connectivity index (χ4n) is 1.63. The van der Waals surface area contributed by atoms with Crippen LogP contribution in [0.1, 0.15) is 18.4 Å². The average molecular weight is 341 g/mol. The lowest BCUT2D eigenvalue weighted by Gasteiger charge is -2.09. The summed E-state index contributed by atoms with van der Waals surface area (Å²) in [6, 6.07) is 5.90. The number of nitriles is 1. The molecule has 0 saturated carbocycles. The number of nitrogens with zero attached hydrogens (tertiary/aromatic N) is 1. The van der Waals surface area contributed by atoms with Crippen molar-refractivity contribution in [2.75, 3.05) is 11.9 Å². The van der Waals surface area contributed by atoms with Crippen LogP contribution in [-0.4, -0.2) is 23.5 Å². The Morgan fingerprint density at radius 1 is 1.33 bits per heavy atom. The number of rotatable bonds is 7. The molecule has 1 rings (SSSR count). The van der Waals surface area contributed by atoms with Gasteiger partial charge in [-0.25, -0.2) is 0 Å². The Morgan fingerprint density at radius 2 is 2.04 bits per heavy atom. The van der Waals surface area contributed by atoms with Crippen molar-refractivity contribution in [2.45, 2.75) is 19.0 Å². The summed E-state index contributed by atoms with van der Waals surface area (Å²) >= 11 is 0. The van der Waals surface area contributed by atoms with E-state index in [1.807, 2.05) is 0 Å². The molecule has 0 radical (unpaired) electrons. The van der Waals surface area contributed by atoms with E-state index in [1.54, 1.807) is 6.07 Å². The molecule has 3 N–H and O–H groups in total. The maximum Gasteiger partial charge on any atom is 0.416 e. The number of aliphatic carboxylic acids is 1. The van der Waals surface area contributed by atoms with E-state index in [1.165, 1.54) is 12.1 Å². The second kappa shape index (κ2) is 8.57. The van der Waals surface area contributed by atoms with E-state index in [0.717, 1.165) is 18.3 Å². The normalized spacial score (nSPS) is 11.5. The zero-order valence-electron chi connectivity index (χ0n) is 12.4. The first-order valence-corrected chi connectivity index (χ1v) is 6.78. The van der Waals surface area contributed by atoms with E-state index in [4.69, 9.17) is 10.4 Å². The molecule has 0 aliphatic rings. The van der Waals surface area contributed by atoms with Crippen molar-refractivity contribution in [3.63, 3.8) is 0 Å². The van der Waals surface area contributed by atoms with Crippen molar-refractivity contribution in [3.05, 3.63) is 41.6 Å². The van der Waals surface area contributed by atoms with Gasteiger partial charge in [-0.2, -0.15) is 18.4 Å². The van der Waals surface area contributed by atoms with Crippen LogP contribution in [0, 0.1) is 11.3 Å². The number of amides is 1. The van der Waals surface area contributed by atoms with E-state index >= 15 is 0 Å². The molecule has 0 aliphatic carbocycles. The molecule has 1 aromatic carbocycles. The van der Waals surface area contributed by atoms with E-state index in [2.05, 4.69) is 10.6 Å². The lowest BCUT2D eigenvalue weighted by Crippen LogP contribution is -2.26. The number of carboxylic acid groups (broad SMARTS) is 1. The Kier molecular flexibility index (Phi) is 6.79. The molecule has 9 heteroatoms. The summed E-state index contributed by atoms with van der Waals surface area (Å²) in [6.07, 6.45) is -3.45. The Labute approximate surface area is 135 Å². The van der Waals surface area contributed by atoms with E-state index in [0.29, 0.717) is 0 Å². The van der Waals surface area contributed by atoms with Crippen LogP contribution in [0.2, 0.25) is 0 Å². The zero-order valence-corrected chi connectivity index (χ0v) is 12.4. The van der Waals surface area contributed by atoms with Crippen molar-refractivity contribution in [1.82, 2.24) is 5.32 Å². The third-order valence-electron chi connectivity index (χ3n) is 2.79. The molecule has 6 nitrogen and oxygen atoms in total. The van der Waals surface area contributed by atoms with Crippen molar-refractivity contribution < 1.29 is 27.9 Å². The molecule has 0 fully saturated rings. The van der Waals surface area contributed by atoms with Crippen molar-refractivity contribution in [2.24, 2.45) is 0 Å². The number of hydrogen-bond acceptors (Lipinski definition) is 4. The third kappa shape index (κ3) is 6.39. The van der Waals surface area contributed by atoms with Gasteiger partial charge in [-0.05, 0) is 24.6 Å². The highest BCUT2D eigenvalue weighted by molar-refractivity contribution is 5.97. The number of carboxylic acids is 1. The van der Waals surface area contributed by atoms with Gasteiger partial charge in [-0.15, -0.1) is 0 Å². The van der Waals surface area contributed by atoms with Gasteiger partial charge in [-0.3, -0.25) is 9.59 Å². The molecular weight excluding hydrogens is 327 g/mol. The van der Waals surface area contributed by atoms with Crippen LogP contribution in [0.5, 0.6) is 0 Å². The van der Waals surface area contributed by atoms with Crippen LogP contribution < -0.4 is 10.6 Å². The van der Waals surface area contributed by atoms with E-state index in [9.17, 15) is 22.8 Å². The largest absolute Gasteiger partial charge is 0.481 e. The average Bonchev–Trinajstić information content (AvgIpc) is 2.51. The molecule has 0 unspecified atom stereocenters. The van der Waals surface area contributed by atoms with Crippen LogP contribution in [0.4, 0.5) is 18.9 Å².